The average Bonchev–Trinajstić information content (AvgIpc) is 2.59. The number of methoxy groups -OCH3 is 1. The number of rotatable bonds is 2. The molecular formula is C18H20N2O3. The Kier molecular flexibility index (Phi) is 4.28. The third-order valence-corrected chi connectivity index (χ3v) is 4.31. The Balaban J connectivity index is 2.03. The number of esters is 1. The number of benzene rings is 1. The first-order valence-corrected chi connectivity index (χ1v) is 7.87. The van der Waals surface area contributed by atoms with Crippen LogP contribution < -0.4 is 0 Å². The van der Waals surface area contributed by atoms with Gasteiger partial charge in [0, 0.05) is 17.6 Å². The molecule has 2 aromatic rings. The Morgan fingerprint density at radius 2 is 2.04 bits per heavy atom. The zero-order valence-corrected chi connectivity index (χ0v) is 13.4. The molecule has 0 saturated carbocycles. The predicted octanol–water partition coefficient (Wildman–Crippen LogP) is 2.71. The van der Waals surface area contributed by atoms with E-state index in [9.17, 15) is 9.59 Å². The Morgan fingerprint density at radius 3 is 2.83 bits per heavy atom. The molecule has 5 heteroatoms. The summed E-state index contributed by atoms with van der Waals surface area (Å²) in [5, 5.41) is 0.817. The number of amides is 1. The summed E-state index contributed by atoms with van der Waals surface area (Å²) in [6.07, 6.45) is 2.49. The average molecular weight is 312 g/mol. The maximum absolute atomic E-state index is 13.1. The zero-order valence-electron chi connectivity index (χ0n) is 13.4. The predicted molar refractivity (Wildman–Crippen MR) is 87.2 cm³/mol. The van der Waals surface area contributed by atoms with Gasteiger partial charge in [-0.25, -0.2) is 4.79 Å². The van der Waals surface area contributed by atoms with E-state index in [4.69, 9.17) is 4.74 Å². The molecule has 1 aromatic heterocycles. The zero-order chi connectivity index (χ0) is 16.4. The molecule has 0 radical (unpaired) electrons. The number of aryl methyl sites for hydroxylation is 1. The Morgan fingerprint density at radius 1 is 1.26 bits per heavy atom. The lowest BCUT2D eigenvalue weighted by atomic mass is 9.99. The molecule has 1 atom stereocenters. The van der Waals surface area contributed by atoms with Crippen LogP contribution in [0.4, 0.5) is 0 Å². The minimum Gasteiger partial charge on any atom is -0.467 e. The van der Waals surface area contributed by atoms with Crippen LogP contribution >= 0.6 is 0 Å². The highest BCUT2D eigenvalue weighted by molar-refractivity contribution is 6.07. The number of nitrogens with zero attached hydrogens (tertiary/aromatic N) is 2. The first-order valence-electron chi connectivity index (χ1n) is 7.87. The van der Waals surface area contributed by atoms with E-state index in [-0.39, 0.29) is 11.9 Å². The van der Waals surface area contributed by atoms with Crippen LogP contribution in [0.5, 0.6) is 0 Å². The fourth-order valence-corrected chi connectivity index (χ4v) is 3.20. The molecular weight excluding hydrogens is 292 g/mol. The second kappa shape index (κ2) is 6.36. The van der Waals surface area contributed by atoms with E-state index >= 15 is 0 Å². The second-order valence-electron chi connectivity index (χ2n) is 5.86. The third kappa shape index (κ3) is 2.91. The lowest BCUT2D eigenvalue weighted by Crippen LogP contribution is -2.48. The molecule has 3 rings (SSSR count). The smallest absolute Gasteiger partial charge is 0.328 e. The molecule has 0 aliphatic carbocycles. The van der Waals surface area contributed by atoms with Gasteiger partial charge in [0.25, 0.3) is 5.91 Å². The largest absolute Gasteiger partial charge is 0.467 e. The summed E-state index contributed by atoms with van der Waals surface area (Å²) >= 11 is 0. The molecule has 1 aliphatic heterocycles. The number of carbonyl (C=O) groups is 2. The molecule has 1 unspecified atom stereocenters. The Hall–Kier alpha value is -2.43. The molecule has 1 aromatic carbocycles. The van der Waals surface area contributed by atoms with E-state index < -0.39 is 6.04 Å². The number of carbonyl (C=O) groups excluding carboxylic acids is 2. The Labute approximate surface area is 135 Å². The van der Waals surface area contributed by atoms with E-state index in [1.165, 1.54) is 7.11 Å². The summed E-state index contributed by atoms with van der Waals surface area (Å²) in [5.41, 5.74) is 2.19. The summed E-state index contributed by atoms with van der Waals surface area (Å²) in [6.45, 7) is 2.45. The minimum absolute atomic E-state index is 0.123. The van der Waals surface area contributed by atoms with Crippen LogP contribution in [0.2, 0.25) is 0 Å². The lowest BCUT2D eigenvalue weighted by Gasteiger charge is -2.34. The molecule has 2 heterocycles. The number of ether oxygens (including phenoxy) is 1. The van der Waals surface area contributed by atoms with E-state index in [2.05, 4.69) is 4.98 Å². The van der Waals surface area contributed by atoms with Gasteiger partial charge in [0.05, 0.1) is 18.2 Å². The summed E-state index contributed by atoms with van der Waals surface area (Å²) in [6, 6.07) is 8.89. The number of aromatic nitrogens is 1. The molecule has 0 bridgehead atoms. The van der Waals surface area contributed by atoms with Gasteiger partial charge < -0.3 is 9.64 Å². The highest BCUT2D eigenvalue weighted by Gasteiger charge is 2.34. The van der Waals surface area contributed by atoms with Gasteiger partial charge in [-0.3, -0.25) is 9.78 Å². The first-order chi connectivity index (χ1) is 11.1. The lowest BCUT2D eigenvalue weighted by molar-refractivity contribution is -0.147. The number of hydrogen-bond donors (Lipinski definition) is 0. The van der Waals surface area contributed by atoms with Crippen LogP contribution in [0.25, 0.3) is 10.9 Å². The van der Waals surface area contributed by atoms with Gasteiger partial charge in [0.1, 0.15) is 6.04 Å². The Bertz CT molecular complexity index is 757. The van der Waals surface area contributed by atoms with E-state index in [1.807, 2.05) is 31.2 Å². The summed E-state index contributed by atoms with van der Waals surface area (Å²) in [5.74, 6) is -0.463. The molecule has 1 amide bonds. The van der Waals surface area contributed by atoms with Gasteiger partial charge in [0.2, 0.25) is 0 Å². The normalized spacial score (nSPS) is 18.0. The van der Waals surface area contributed by atoms with Crippen LogP contribution in [0.3, 0.4) is 0 Å². The van der Waals surface area contributed by atoms with Crippen LogP contribution in [0.15, 0.2) is 30.3 Å². The van der Waals surface area contributed by atoms with Crippen molar-refractivity contribution < 1.29 is 14.3 Å². The van der Waals surface area contributed by atoms with Crippen LogP contribution in [-0.4, -0.2) is 41.5 Å². The van der Waals surface area contributed by atoms with Gasteiger partial charge >= 0.3 is 5.97 Å². The van der Waals surface area contributed by atoms with E-state index in [0.717, 1.165) is 29.4 Å². The molecule has 0 N–H and O–H groups in total. The van der Waals surface area contributed by atoms with Crippen LogP contribution in [0.1, 0.15) is 35.3 Å². The van der Waals surface area contributed by atoms with Crippen LogP contribution in [0, 0.1) is 6.92 Å². The van der Waals surface area contributed by atoms with E-state index in [1.54, 1.807) is 11.0 Å². The summed E-state index contributed by atoms with van der Waals surface area (Å²) in [7, 11) is 1.37. The number of hydrogen-bond acceptors (Lipinski definition) is 4. The van der Waals surface area contributed by atoms with Gasteiger partial charge in [-0.05, 0) is 38.3 Å². The molecule has 1 fully saturated rings. The van der Waals surface area contributed by atoms with Crippen molar-refractivity contribution in [2.75, 3.05) is 13.7 Å². The monoisotopic (exact) mass is 312 g/mol. The van der Waals surface area contributed by atoms with Gasteiger partial charge in [0.15, 0.2) is 0 Å². The van der Waals surface area contributed by atoms with Crippen molar-refractivity contribution >= 4 is 22.8 Å². The standard InChI is InChI=1S/C18H20N2O3/c1-12-11-14(13-7-3-4-8-15(13)19-12)17(21)20-10-6-5-9-16(20)18(22)23-2/h3-4,7-8,11,16H,5-6,9-10H2,1-2H3. The minimum atomic E-state index is -0.492. The molecule has 23 heavy (non-hydrogen) atoms. The number of likely N-dealkylation sites (tertiary alicyclic amines) is 1. The van der Waals surface area contributed by atoms with Crippen molar-refractivity contribution in [3.63, 3.8) is 0 Å². The van der Waals surface area contributed by atoms with Crippen LogP contribution in [-0.2, 0) is 9.53 Å². The SMILES string of the molecule is COC(=O)C1CCCCN1C(=O)c1cc(C)nc2ccccc12. The topological polar surface area (TPSA) is 59.5 Å². The van der Waals surface area contributed by atoms with Gasteiger partial charge in [-0.15, -0.1) is 0 Å². The van der Waals surface area contributed by atoms with Crippen molar-refractivity contribution in [2.24, 2.45) is 0 Å². The fraction of sp³-hybridized carbons (Fsp3) is 0.389. The van der Waals surface area contributed by atoms with Gasteiger partial charge in [-0.1, -0.05) is 18.2 Å². The highest BCUT2D eigenvalue weighted by atomic mass is 16.5. The molecule has 5 nitrogen and oxygen atoms in total. The van der Waals surface area contributed by atoms with E-state index in [0.29, 0.717) is 18.5 Å². The van der Waals surface area contributed by atoms with Crippen molar-refractivity contribution in [1.29, 1.82) is 0 Å². The number of para-hydroxylation sites is 1. The van der Waals surface area contributed by atoms with Crippen molar-refractivity contribution in [3.05, 3.63) is 41.6 Å². The number of pyridine rings is 1. The molecule has 0 spiro atoms. The molecule has 1 saturated heterocycles. The summed E-state index contributed by atoms with van der Waals surface area (Å²) < 4.78 is 4.87. The van der Waals surface area contributed by atoms with Crippen molar-refractivity contribution in [3.8, 4) is 0 Å². The quantitative estimate of drug-likeness (QED) is 0.800. The molecule has 1 aliphatic rings. The van der Waals surface area contributed by atoms with Crippen molar-refractivity contribution in [1.82, 2.24) is 9.88 Å². The van der Waals surface area contributed by atoms with Gasteiger partial charge in [-0.2, -0.15) is 0 Å². The number of piperidine rings is 1. The second-order valence-corrected chi connectivity index (χ2v) is 5.86. The summed E-state index contributed by atoms with van der Waals surface area (Å²) in [4.78, 5) is 31.2. The fourth-order valence-electron chi connectivity index (χ4n) is 3.20. The first kappa shape index (κ1) is 15.5. The maximum atomic E-state index is 13.1. The van der Waals surface area contributed by atoms with Crippen molar-refractivity contribution in [2.45, 2.75) is 32.2 Å². The maximum Gasteiger partial charge on any atom is 0.328 e. The molecule has 120 valence electrons. The highest BCUT2D eigenvalue weighted by Crippen LogP contribution is 2.25. The third-order valence-electron chi connectivity index (χ3n) is 4.31. The number of fused-ring (bicyclic) bond motifs is 1.